The summed E-state index contributed by atoms with van der Waals surface area (Å²) in [6, 6.07) is -5.35. The van der Waals surface area contributed by atoms with Gasteiger partial charge in [-0.3, -0.25) is 14.7 Å². The number of anilines is 3. The van der Waals surface area contributed by atoms with Crippen molar-refractivity contribution in [2.24, 2.45) is 0 Å². The highest BCUT2D eigenvalue weighted by Crippen LogP contribution is 2.35. The maximum atomic E-state index is 9.48. The molecule has 3 fully saturated rings. The number of halogens is 3. The number of likely N-dealkylation sites (tertiary alicyclic amines) is 3. The van der Waals surface area contributed by atoms with Gasteiger partial charge in [0, 0.05) is 107 Å². The topological polar surface area (TPSA) is 195 Å². The summed E-state index contributed by atoms with van der Waals surface area (Å²) in [6.07, 6.45) is -12.2. The van der Waals surface area contributed by atoms with E-state index in [-0.39, 0.29) is 99.1 Å². The first-order valence-electron chi connectivity index (χ1n) is 42.5. The third kappa shape index (κ3) is 14.9. The van der Waals surface area contributed by atoms with Gasteiger partial charge in [0.2, 0.25) is 0 Å². The molecule has 414 valence electrons. The second kappa shape index (κ2) is 27.0. The van der Waals surface area contributed by atoms with E-state index >= 15 is 0 Å². The van der Waals surface area contributed by atoms with Crippen molar-refractivity contribution in [3.8, 4) is 18.2 Å². The normalized spacial score (nSPS) is 29.4. The standard InChI is InChI=1S/3C20H20ClN5S/c3*1-13-2-3-14(8-15(13)10-22)11-26-6-4-16(5-7-26)25-19-17-9-18(21)27-20(17)24-12-23-19/h3*2-3,8-9,12,16H,4-7,11H2,1H3,(H,23,24,25)/i3D,4D2,5D2,6D2,7D2,8D,9D,11D2,12D,16D;3D,6D2,7D2,8D,9D,11D2,12D,16D;3D,6D2,7D2,8D,9D,11D2,16D/hD3. The van der Waals surface area contributed by atoms with Gasteiger partial charge in [0.15, 0.2) is 4.24 Å². The minimum atomic E-state index is -4.06. The number of fused-ring (bicyclic) bond motifs is 3. The molecule has 3 aliphatic rings. The number of nitrogens with zero attached hydrogens (tertiary/aromatic N) is 12. The number of aromatic nitrogens is 6. The Morgan fingerprint density at radius 1 is 0.543 bits per heavy atom. The molecule has 0 aliphatic carbocycles. The van der Waals surface area contributed by atoms with E-state index in [0.29, 0.717) is 22.0 Å². The molecule has 0 spiro atoms. The first-order chi connectivity index (χ1) is 54.5. The fourth-order valence-corrected chi connectivity index (χ4v) is 9.78. The Labute approximate surface area is 554 Å². The van der Waals surface area contributed by atoms with Crippen LogP contribution in [-0.4, -0.2) is 102 Å². The number of thiophene rings is 3. The molecule has 9 aromatic rings. The number of benzene rings is 3. The van der Waals surface area contributed by atoms with E-state index in [4.69, 9.17) is 88.4 Å². The van der Waals surface area contributed by atoms with Gasteiger partial charge in [0.25, 0.3) is 0 Å². The van der Waals surface area contributed by atoms with Crippen molar-refractivity contribution in [2.45, 2.75) is 96.7 Å². The maximum absolute atomic E-state index is 9.48. The van der Waals surface area contributed by atoms with E-state index in [1.54, 1.807) is 18.2 Å². The molecule has 3 aliphatic heterocycles. The molecule has 3 aromatic carbocycles. The lowest BCUT2D eigenvalue weighted by molar-refractivity contribution is 0.211. The summed E-state index contributed by atoms with van der Waals surface area (Å²) in [7, 11) is 0. The van der Waals surface area contributed by atoms with Crippen LogP contribution in [0.5, 0.6) is 0 Å². The second-order valence-corrected chi connectivity index (χ2v) is 21.2. The SMILES string of the molecule is [2H]c1cc(C)c(C#N)c([2H])c1C([2H])([2H])N1C([2H])([2H])CC([2H])(N([2H])c2ncnc3sc(Cl)c([2H])c23)CC1([2H])[2H].[2H]c1nc(N([2H])C2([2H])C([2H])([2H])C([2H])([2H])N(C([2H])([2H])c3c([2H])cc(C)c(C#N)c3[2H])C([2H])([2H])C2([2H])[2H])c2c([2H])c(Cl)sc2n1.[2H]c1nc(N([2H])C2([2H])CC([2H])([2H])N(C([2H])([2H])c3c([2H])cc(C)c(C#N)c3[2H])C([2H])([2H])C2)c2c([2H])c(Cl)sc2n1. The molecule has 3 N–H and O–H groups in total. The van der Waals surface area contributed by atoms with E-state index in [1.165, 1.54) is 20.8 Å². The summed E-state index contributed by atoms with van der Waals surface area (Å²) < 4.78 is 334. The second-order valence-electron chi connectivity index (χ2n) is 16.4. The molecule has 0 unspecified atom stereocenters. The summed E-state index contributed by atoms with van der Waals surface area (Å²) in [4.78, 5) is 23.2. The van der Waals surface area contributed by atoms with Crippen LogP contribution in [0.2, 0.25) is 17.2 Å². The molecule has 3 saturated heterocycles. The first-order valence-corrected chi connectivity index (χ1v) is 26.7. The minimum absolute atomic E-state index is 0.0144. The predicted octanol–water partition coefficient (Wildman–Crippen LogP) is 13.8. The van der Waals surface area contributed by atoms with Crippen LogP contribution in [0.3, 0.4) is 0 Å². The summed E-state index contributed by atoms with van der Waals surface area (Å²) in [5, 5.41) is 28.5. The van der Waals surface area contributed by atoms with Gasteiger partial charge in [-0.25, -0.2) is 29.9 Å². The predicted molar refractivity (Wildman–Crippen MR) is 331 cm³/mol. The molecule has 0 saturated carbocycles. The number of rotatable bonds is 12. The van der Waals surface area contributed by atoms with E-state index in [9.17, 15) is 15.8 Å². The molecule has 12 rings (SSSR count). The van der Waals surface area contributed by atoms with E-state index in [2.05, 4.69) is 29.9 Å². The van der Waals surface area contributed by atoms with Crippen molar-refractivity contribution in [1.29, 1.82) is 15.8 Å². The van der Waals surface area contributed by atoms with Crippen molar-refractivity contribution >= 4 is 117 Å². The number of hydrogen-bond acceptors (Lipinski definition) is 18. The molecular weight excluding hydrogens is 1130 g/mol. The average Bonchev–Trinajstić information content (AvgIpc) is 0.668. The summed E-state index contributed by atoms with van der Waals surface area (Å²) in [5.41, 5.74) is -2.79. The number of nitrogens with one attached hydrogen (secondary N) is 3. The molecule has 0 radical (unpaired) electrons. The molecule has 81 heavy (non-hydrogen) atoms. The van der Waals surface area contributed by atoms with Crippen LogP contribution in [0.15, 0.2) is 91.5 Å². The lowest BCUT2D eigenvalue weighted by Gasteiger charge is -2.32. The van der Waals surface area contributed by atoms with Crippen LogP contribution in [0, 0.1) is 54.8 Å². The van der Waals surface area contributed by atoms with Crippen LogP contribution in [0.25, 0.3) is 30.6 Å². The lowest BCUT2D eigenvalue weighted by atomic mass is 10.0. The zero-order valence-electron chi connectivity index (χ0n) is 80.7. The zero-order valence-corrected chi connectivity index (χ0v) is 46.4. The third-order valence-corrected chi connectivity index (χ3v) is 14.1. The van der Waals surface area contributed by atoms with Crippen LogP contribution in [-0.2, 0) is 19.5 Å². The molecular formula is C60H60Cl3N15S3. The molecule has 21 heteroatoms. The van der Waals surface area contributed by atoms with Gasteiger partial charge in [-0.05, 0) is 129 Å². The summed E-state index contributed by atoms with van der Waals surface area (Å²) in [5.74, 6) is -1.59. The molecule has 0 amide bonds. The minimum Gasteiger partial charge on any atom is -0.367 e. The third-order valence-electron chi connectivity index (χ3n) is 10.8. The van der Waals surface area contributed by atoms with Gasteiger partial charge in [-0.15, -0.1) is 34.0 Å². The number of hydrogen-bond donors (Lipinski definition) is 3. The monoisotopic (exact) mass is 1230 g/mol. The Balaban J connectivity index is 0.000000190. The molecule has 0 atom stereocenters. The van der Waals surface area contributed by atoms with Gasteiger partial charge >= 0.3 is 0 Å². The quantitative estimate of drug-likeness (QED) is 0.104. The van der Waals surface area contributed by atoms with Crippen LogP contribution < -0.4 is 15.9 Å². The van der Waals surface area contributed by atoms with Crippen LogP contribution in [0.1, 0.15) is 138 Å². The number of aryl methyl sites for hydroxylation is 3. The molecule has 9 heterocycles. The van der Waals surface area contributed by atoms with Crippen molar-refractivity contribution in [1.82, 2.24) is 44.6 Å². The number of piperidine rings is 3. The number of nitriles is 3. The zero-order chi connectivity index (χ0) is 91.1. The van der Waals surface area contributed by atoms with Gasteiger partial charge in [0.1, 0.15) is 53.6 Å². The van der Waals surface area contributed by atoms with Gasteiger partial charge in [-0.1, -0.05) is 71.1 Å². The van der Waals surface area contributed by atoms with Gasteiger partial charge < -0.3 is 15.9 Å². The molecule has 6 aromatic heterocycles. The first kappa shape index (κ1) is 26.8. The van der Waals surface area contributed by atoms with E-state index < -0.39 is 214 Å². The molecule has 15 nitrogen and oxygen atoms in total. The maximum Gasteiger partial charge on any atom is 0.162 e. The smallest absolute Gasteiger partial charge is 0.162 e. The Kier molecular flexibility index (Phi) is 8.91. The fraction of sp³-hybridized carbons (Fsp3) is 0.350. The largest absolute Gasteiger partial charge is 0.367 e. The highest BCUT2D eigenvalue weighted by atomic mass is 35.5. The Hall–Kier alpha value is -6.60. The Morgan fingerprint density at radius 3 is 1.27 bits per heavy atom. The van der Waals surface area contributed by atoms with Crippen molar-refractivity contribution in [3.63, 3.8) is 0 Å². The van der Waals surface area contributed by atoms with E-state index in [1.807, 2.05) is 0 Å². The fourth-order valence-electron chi connectivity index (χ4n) is 6.87. The summed E-state index contributed by atoms with van der Waals surface area (Å²) in [6.45, 7) is -25.5. The van der Waals surface area contributed by atoms with Gasteiger partial charge in [0.05, 0.1) is 80.5 Å². The Morgan fingerprint density at radius 2 is 0.889 bits per heavy atom. The van der Waals surface area contributed by atoms with Crippen LogP contribution >= 0.6 is 68.8 Å². The highest BCUT2D eigenvalue weighted by Gasteiger charge is 2.24. The van der Waals surface area contributed by atoms with Crippen molar-refractivity contribution in [3.05, 3.63) is 155 Å². The van der Waals surface area contributed by atoms with Crippen molar-refractivity contribution < 1.29 is 53.6 Å². The van der Waals surface area contributed by atoms with Crippen LogP contribution in [0.4, 0.5) is 17.5 Å². The van der Waals surface area contributed by atoms with Crippen molar-refractivity contribution in [2.75, 3.05) is 54.9 Å². The van der Waals surface area contributed by atoms with Gasteiger partial charge in [-0.2, -0.15) is 15.8 Å². The van der Waals surface area contributed by atoms with E-state index in [0.717, 1.165) is 47.2 Å². The lowest BCUT2D eigenvalue weighted by Crippen LogP contribution is -2.38. The highest BCUT2D eigenvalue weighted by molar-refractivity contribution is 7.23. The summed E-state index contributed by atoms with van der Waals surface area (Å²) >= 11 is 20.5. The average molecular weight is 1230 g/mol. The molecule has 0 bridgehead atoms. The Bertz CT molecular complexity index is 5770.